The second-order valence-corrected chi connectivity index (χ2v) is 5.90. The third-order valence-electron chi connectivity index (χ3n) is 3.43. The molecular formula is C14H22N2O2S. The van der Waals surface area contributed by atoms with Crippen LogP contribution in [0.1, 0.15) is 18.5 Å². The van der Waals surface area contributed by atoms with E-state index < -0.39 is 0 Å². The van der Waals surface area contributed by atoms with Gasteiger partial charge in [-0.2, -0.15) is 11.8 Å². The first-order valence-electron chi connectivity index (χ1n) is 6.69. The molecule has 0 aliphatic carbocycles. The highest BCUT2D eigenvalue weighted by Gasteiger charge is 2.14. The van der Waals surface area contributed by atoms with Gasteiger partial charge < -0.3 is 14.8 Å². The molecule has 1 aromatic heterocycles. The van der Waals surface area contributed by atoms with Gasteiger partial charge in [-0.25, -0.2) is 0 Å². The fraction of sp³-hybridized carbons (Fsp3) is 0.643. The van der Waals surface area contributed by atoms with E-state index in [1.807, 2.05) is 6.07 Å². The van der Waals surface area contributed by atoms with Crippen LogP contribution >= 0.6 is 11.8 Å². The summed E-state index contributed by atoms with van der Waals surface area (Å²) in [4.78, 5) is 4.37. The quantitative estimate of drug-likeness (QED) is 0.867. The summed E-state index contributed by atoms with van der Waals surface area (Å²) < 4.78 is 10.7. The van der Waals surface area contributed by atoms with Gasteiger partial charge in [0, 0.05) is 18.8 Å². The topological polar surface area (TPSA) is 43.4 Å². The van der Waals surface area contributed by atoms with Crippen LogP contribution in [0.25, 0.3) is 0 Å². The molecule has 0 bridgehead atoms. The molecule has 1 aliphatic heterocycles. The minimum Gasteiger partial charge on any atom is -0.493 e. The smallest absolute Gasteiger partial charge is 0.183 e. The zero-order valence-corrected chi connectivity index (χ0v) is 12.5. The first-order valence-corrected chi connectivity index (χ1v) is 7.85. The lowest BCUT2D eigenvalue weighted by Gasteiger charge is -2.21. The van der Waals surface area contributed by atoms with Gasteiger partial charge in [-0.05, 0) is 36.8 Å². The lowest BCUT2D eigenvalue weighted by atomic mass is 10.0. The van der Waals surface area contributed by atoms with E-state index in [2.05, 4.69) is 22.1 Å². The molecule has 1 N–H and O–H groups in total. The number of hydrogen-bond donors (Lipinski definition) is 1. The fourth-order valence-corrected chi connectivity index (χ4v) is 3.53. The van der Waals surface area contributed by atoms with Gasteiger partial charge in [0.15, 0.2) is 11.5 Å². The van der Waals surface area contributed by atoms with Crippen LogP contribution in [0, 0.1) is 5.92 Å². The summed E-state index contributed by atoms with van der Waals surface area (Å²) in [5, 5.41) is 3.49. The number of pyridine rings is 1. The van der Waals surface area contributed by atoms with Crippen LogP contribution in [0.5, 0.6) is 11.5 Å². The van der Waals surface area contributed by atoms with Crippen molar-refractivity contribution in [2.45, 2.75) is 19.4 Å². The van der Waals surface area contributed by atoms with E-state index in [4.69, 9.17) is 9.47 Å². The highest BCUT2D eigenvalue weighted by molar-refractivity contribution is 7.99. The Morgan fingerprint density at radius 2 is 2.11 bits per heavy atom. The van der Waals surface area contributed by atoms with Crippen molar-refractivity contribution in [1.82, 2.24) is 10.3 Å². The second kappa shape index (κ2) is 7.60. The zero-order chi connectivity index (χ0) is 13.5. The summed E-state index contributed by atoms with van der Waals surface area (Å²) in [6.45, 7) is 1.78. The Morgan fingerprint density at radius 3 is 2.79 bits per heavy atom. The maximum atomic E-state index is 5.38. The van der Waals surface area contributed by atoms with Crippen LogP contribution in [0.3, 0.4) is 0 Å². The molecule has 1 aliphatic rings. The number of aromatic nitrogens is 1. The number of methoxy groups -OCH3 is 2. The van der Waals surface area contributed by atoms with Gasteiger partial charge >= 0.3 is 0 Å². The van der Waals surface area contributed by atoms with E-state index in [1.54, 1.807) is 20.4 Å². The van der Waals surface area contributed by atoms with Crippen LogP contribution in [-0.2, 0) is 6.54 Å². The molecule has 4 nitrogen and oxygen atoms in total. The lowest BCUT2D eigenvalue weighted by Crippen LogP contribution is -2.25. The number of ether oxygens (including phenoxy) is 2. The summed E-state index contributed by atoms with van der Waals surface area (Å²) >= 11 is 2.06. The Kier molecular flexibility index (Phi) is 5.79. The molecule has 2 heterocycles. The molecular weight excluding hydrogens is 260 g/mol. The molecule has 0 unspecified atom stereocenters. The van der Waals surface area contributed by atoms with Crippen molar-refractivity contribution >= 4 is 11.8 Å². The van der Waals surface area contributed by atoms with E-state index in [0.717, 1.165) is 36.2 Å². The lowest BCUT2D eigenvalue weighted by molar-refractivity contribution is 0.347. The largest absolute Gasteiger partial charge is 0.493 e. The van der Waals surface area contributed by atoms with Crippen molar-refractivity contribution in [1.29, 1.82) is 0 Å². The van der Waals surface area contributed by atoms with E-state index in [0.29, 0.717) is 0 Å². The van der Waals surface area contributed by atoms with Crippen LogP contribution in [0.4, 0.5) is 0 Å². The van der Waals surface area contributed by atoms with E-state index in [9.17, 15) is 0 Å². The van der Waals surface area contributed by atoms with Crippen LogP contribution in [0.15, 0.2) is 12.3 Å². The Morgan fingerprint density at radius 1 is 1.32 bits per heavy atom. The first kappa shape index (κ1) is 14.5. The molecule has 19 heavy (non-hydrogen) atoms. The van der Waals surface area contributed by atoms with Crippen molar-refractivity contribution < 1.29 is 9.47 Å². The second-order valence-electron chi connectivity index (χ2n) is 4.68. The van der Waals surface area contributed by atoms with Gasteiger partial charge in [0.25, 0.3) is 0 Å². The van der Waals surface area contributed by atoms with E-state index in [1.165, 1.54) is 24.3 Å². The average Bonchev–Trinajstić information content (AvgIpc) is 2.48. The maximum absolute atomic E-state index is 5.38. The number of hydrogen-bond acceptors (Lipinski definition) is 5. The molecule has 1 aromatic rings. The third-order valence-corrected chi connectivity index (χ3v) is 4.48. The molecule has 0 spiro atoms. The number of thioether (sulfide) groups is 1. The van der Waals surface area contributed by atoms with Crippen molar-refractivity contribution in [2.24, 2.45) is 5.92 Å². The SMILES string of the molecule is COc1ccnc(CNCC2CCSCC2)c1OC. The summed E-state index contributed by atoms with van der Waals surface area (Å²) in [7, 11) is 3.30. The van der Waals surface area contributed by atoms with Gasteiger partial charge in [-0.15, -0.1) is 0 Å². The van der Waals surface area contributed by atoms with Crippen molar-refractivity contribution in [3.63, 3.8) is 0 Å². The summed E-state index contributed by atoms with van der Waals surface area (Å²) in [6.07, 6.45) is 4.40. The number of nitrogens with one attached hydrogen (secondary N) is 1. The molecule has 0 amide bonds. The van der Waals surface area contributed by atoms with Gasteiger partial charge in [-0.3, -0.25) is 4.98 Å². The molecule has 106 valence electrons. The average molecular weight is 282 g/mol. The van der Waals surface area contributed by atoms with E-state index in [-0.39, 0.29) is 0 Å². The monoisotopic (exact) mass is 282 g/mol. The number of rotatable bonds is 6. The van der Waals surface area contributed by atoms with Crippen LogP contribution < -0.4 is 14.8 Å². The normalized spacial score (nSPS) is 16.3. The fourth-order valence-electron chi connectivity index (χ4n) is 2.32. The zero-order valence-electron chi connectivity index (χ0n) is 11.6. The van der Waals surface area contributed by atoms with Gasteiger partial charge in [0.1, 0.15) is 0 Å². The van der Waals surface area contributed by atoms with Gasteiger partial charge in [-0.1, -0.05) is 0 Å². The van der Waals surface area contributed by atoms with Crippen molar-refractivity contribution in [3.05, 3.63) is 18.0 Å². The van der Waals surface area contributed by atoms with Crippen molar-refractivity contribution in [2.75, 3.05) is 32.3 Å². The van der Waals surface area contributed by atoms with Gasteiger partial charge in [0.2, 0.25) is 0 Å². The highest BCUT2D eigenvalue weighted by Crippen LogP contribution is 2.29. The molecule has 0 radical (unpaired) electrons. The molecule has 0 atom stereocenters. The Balaban J connectivity index is 1.88. The molecule has 0 saturated carbocycles. The Labute approximate surface area is 119 Å². The van der Waals surface area contributed by atoms with Gasteiger partial charge in [0.05, 0.1) is 19.9 Å². The minimum atomic E-state index is 0.726. The predicted molar refractivity (Wildman–Crippen MR) is 79.1 cm³/mol. The molecule has 2 rings (SSSR count). The highest BCUT2D eigenvalue weighted by atomic mass is 32.2. The Bertz CT molecular complexity index is 395. The first-order chi connectivity index (χ1) is 9.35. The van der Waals surface area contributed by atoms with Crippen molar-refractivity contribution in [3.8, 4) is 11.5 Å². The molecule has 0 aromatic carbocycles. The maximum Gasteiger partial charge on any atom is 0.183 e. The van der Waals surface area contributed by atoms with Crippen LogP contribution in [-0.4, -0.2) is 37.3 Å². The van der Waals surface area contributed by atoms with Crippen LogP contribution in [0.2, 0.25) is 0 Å². The summed E-state index contributed by atoms with van der Waals surface area (Å²) in [5.41, 5.74) is 0.909. The summed E-state index contributed by atoms with van der Waals surface area (Å²) in [6, 6.07) is 1.82. The number of nitrogens with zero attached hydrogens (tertiary/aromatic N) is 1. The predicted octanol–water partition coefficient (Wildman–Crippen LogP) is 2.33. The third kappa shape index (κ3) is 4.01. The molecule has 5 heteroatoms. The molecule has 1 fully saturated rings. The van der Waals surface area contributed by atoms with E-state index >= 15 is 0 Å². The molecule has 1 saturated heterocycles. The standard InChI is InChI=1S/C14H22N2O2S/c1-17-13-3-6-16-12(14(13)18-2)10-15-9-11-4-7-19-8-5-11/h3,6,11,15H,4-5,7-10H2,1-2H3. The minimum absolute atomic E-state index is 0.726. The summed E-state index contributed by atoms with van der Waals surface area (Å²) in [5.74, 6) is 4.87. The Hall–Kier alpha value is -0.940.